The van der Waals surface area contributed by atoms with Crippen molar-refractivity contribution in [3.05, 3.63) is 42.3 Å². The van der Waals surface area contributed by atoms with Crippen molar-refractivity contribution in [3.8, 4) is 0 Å². The molecule has 0 saturated heterocycles. The van der Waals surface area contributed by atoms with E-state index in [1.165, 1.54) is 18.2 Å². The molecule has 0 fully saturated rings. The summed E-state index contributed by atoms with van der Waals surface area (Å²) >= 11 is 0. The van der Waals surface area contributed by atoms with Crippen LogP contribution in [0.4, 0.5) is 8.78 Å². The molecule has 0 heterocycles. The second kappa shape index (κ2) is 5.67. The van der Waals surface area contributed by atoms with Crippen LogP contribution in [-0.2, 0) is 19.5 Å². The van der Waals surface area contributed by atoms with E-state index in [1.807, 2.05) is 0 Å². The number of benzene rings is 1. The van der Waals surface area contributed by atoms with Crippen molar-refractivity contribution < 1.29 is 28.3 Å². The maximum Gasteiger partial charge on any atom is 0.0184 e. The molecule has 0 unspecified atom stereocenters. The average molecular weight is 273 g/mol. The molecule has 0 bridgehead atoms. The zero-order chi connectivity index (χ0) is 6.85. The van der Waals surface area contributed by atoms with Crippen LogP contribution < -0.4 is 0 Å². The van der Waals surface area contributed by atoms with Crippen molar-refractivity contribution in [2.45, 2.75) is 0 Å². The van der Waals surface area contributed by atoms with Crippen molar-refractivity contribution >= 4 is 17.0 Å². The number of rotatable bonds is 0. The van der Waals surface area contributed by atoms with Crippen LogP contribution >= 0.6 is 17.0 Å². The predicted octanol–water partition coefficient (Wildman–Crippen LogP) is 2.72. The Kier molecular flexibility index (Phi) is 7.03. The summed E-state index contributed by atoms with van der Waals surface area (Å²) in [7, 11) is 0. The van der Waals surface area contributed by atoms with Crippen LogP contribution in [-0.4, -0.2) is 0 Å². The maximum atomic E-state index is 12.3. The predicted molar refractivity (Wildman–Crippen MR) is 41.1 cm³/mol. The third-order valence-electron chi connectivity index (χ3n) is 1.06. The van der Waals surface area contributed by atoms with Gasteiger partial charge < -0.3 is 0 Å². The Hall–Kier alpha value is 0.0534. The quantitative estimate of drug-likeness (QED) is 0.504. The van der Waals surface area contributed by atoms with Crippen LogP contribution in [0.15, 0.2) is 18.2 Å². The van der Waals surface area contributed by atoms with Crippen LogP contribution in [0.1, 0.15) is 5.56 Å². The Morgan fingerprint density at radius 2 is 1.45 bits per heavy atom. The molecule has 0 aromatic heterocycles. The van der Waals surface area contributed by atoms with E-state index >= 15 is 0 Å². The topological polar surface area (TPSA) is 0 Å². The summed E-state index contributed by atoms with van der Waals surface area (Å²) in [4.78, 5) is 0. The van der Waals surface area contributed by atoms with Crippen LogP contribution in [0.5, 0.6) is 0 Å². The van der Waals surface area contributed by atoms with Crippen molar-refractivity contribution in [1.29, 1.82) is 0 Å². The van der Waals surface area contributed by atoms with Gasteiger partial charge in [-0.25, -0.2) is 0 Å². The van der Waals surface area contributed by atoms with Gasteiger partial charge in [0, 0.05) is 31.1 Å². The number of hydrogen-bond donors (Lipinski definition) is 0. The summed E-state index contributed by atoms with van der Waals surface area (Å²) in [6.45, 7) is 3.17. The molecule has 0 nitrogen and oxygen atoms in total. The summed E-state index contributed by atoms with van der Waals surface area (Å²) in [5.74, 6) is -1.20. The van der Waals surface area contributed by atoms with Gasteiger partial charge in [-0.1, -0.05) is 18.2 Å². The Morgan fingerprint density at radius 3 is 1.73 bits per heavy atom. The van der Waals surface area contributed by atoms with E-state index in [2.05, 4.69) is 6.92 Å². The molecule has 0 amide bonds. The molecule has 0 radical (unpaired) electrons. The van der Waals surface area contributed by atoms with E-state index in [-0.39, 0.29) is 42.0 Å². The summed E-state index contributed by atoms with van der Waals surface area (Å²) in [5.41, 5.74) is -0.169. The second-order valence-electron chi connectivity index (χ2n) is 1.70. The fraction of sp³-hybridized carbons (Fsp3) is 0. The van der Waals surface area contributed by atoms with Gasteiger partial charge in [0.05, 0.1) is 0 Å². The van der Waals surface area contributed by atoms with Crippen LogP contribution in [0.25, 0.3) is 0 Å². The van der Waals surface area contributed by atoms with Gasteiger partial charge in [-0.05, 0) is 0 Å². The van der Waals surface area contributed by atoms with Crippen molar-refractivity contribution in [2.24, 2.45) is 0 Å². The summed E-state index contributed by atoms with van der Waals surface area (Å²) in [5, 5.41) is 0. The summed E-state index contributed by atoms with van der Waals surface area (Å²) < 4.78 is 24.6. The van der Waals surface area contributed by atoms with Crippen molar-refractivity contribution in [1.82, 2.24) is 0 Å². The molecule has 1 rings (SSSR count). The molecule has 0 aliphatic rings. The molecule has 1 aromatic rings. The van der Waals surface area contributed by atoms with Crippen LogP contribution in [0, 0.1) is 18.6 Å². The zero-order valence-corrected chi connectivity index (χ0v) is 10.5. The largest absolute Gasteiger partial charge is 0.284 e. The van der Waals surface area contributed by atoms with Gasteiger partial charge >= 0.3 is 0 Å². The minimum Gasteiger partial charge on any atom is -0.284 e. The molecule has 4 heteroatoms. The molecule has 58 valence electrons. The number of hydrogen-bond acceptors (Lipinski definition) is 0. The average Bonchev–Trinajstić information content (AvgIpc) is 1.83. The van der Waals surface area contributed by atoms with Gasteiger partial charge in [0.2, 0.25) is 0 Å². The zero-order valence-electron chi connectivity index (χ0n) is 5.81. The van der Waals surface area contributed by atoms with Crippen molar-refractivity contribution in [2.75, 3.05) is 0 Å². The molecule has 0 aliphatic carbocycles. The van der Waals surface area contributed by atoms with E-state index in [4.69, 9.17) is 0 Å². The summed E-state index contributed by atoms with van der Waals surface area (Å²) in [6, 6.07) is 3.65. The Morgan fingerprint density at radius 1 is 1.09 bits per heavy atom. The monoisotopic (exact) mass is 271 g/mol. The van der Waals surface area contributed by atoms with E-state index in [0.29, 0.717) is 0 Å². The third-order valence-corrected chi connectivity index (χ3v) is 1.06. The van der Waals surface area contributed by atoms with Gasteiger partial charge in [0.15, 0.2) is 0 Å². The first-order chi connectivity index (χ1) is 4.22. The standard InChI is InChI=1S/C7H5F2.BrH.Zn/c1-5-6(8)3-2-4-7(5)9;;/h2-4H,1H2;1H;/q-1;;. The smallest absolute Gasteiger partial charge is 0.0184 e. The van der Waals surface area contributed by atoms with Gasteiger partial charge in [0.1, 0.15) is 0 Å². The second-order valence-corrected chi connectivity index (χ2v) is 1.70. The van der Waals surface area contributed by atoms with Gasteiger partial charge in [-0.15, -0.1) is 22.5 Å². The van der Waals surface area contributed by atoms with Crippen molar-refractivity contribution in [3.63, 3.8) is 0 Å². The first kappa shape index (κ1) is 13.6. The van der Waals surface area contributed by atoms with E-state index in [0.717, 1.165) is 0 Å². The van der Waals surface area contributed by atoms with Gasteiger partial charge in [-0.3, -0.25) is 8.78 Å². The molecule has 0 aliphatic heterocycles. The minimum absolute atomic E-state index is 0. The fourth-order valence-electron chi connectivity index (χ4n) is 0.532. The van der Waals surface area contributed by atoms with Gasteiger partial charge in [0.25, 0.3) is 0 Å². The number of halogens is 3. The SMILES string of the molecule is Br.[CH2-]c1c(F)cccc1F.[Zn]. The first-order valence-corrected chi connectivity index (χ1v) is 2.48. The normalized spacial score (nSPS) is 7.82. The molecule has 0 spiro atoms. The van der Waals surface area contributed by atoms with Crippen LogP contribution in [0.2, 0.25) is 0 Å². The Balaban J connectivity index is 0. The molecule has 1 aromatic carbocycles. The van der Waals surface area contributed by atoms with Crippen LogP contribution in [0.3, 0.4) is 0 Å². The summed E-state index contributed by atoms with van der Waals surface area (Å²) in [6.07, 6.45) is 0. The fourth-order valence-corrected chi connectivity index (χ4v) is 0.532. The van der Waals surface area contributed by atoms with E-state index in [1.54, 1.807) is 0 Å². The molecular formula is C7H6BrF2Zn-. The molecule has 0 saturated carbocycles. The molecule has 0 N–H and O–H groups in total. The van der Waals surface area contributed by atoms with E-state index < -0.39 is 11.6 Å². The maximum absolute atomic E-state index is 12.3. The third kappa shape index (κ3) is 3.30. The molecule has 11 heavy (non-hydrogen) atoms. The molecule has 0 atom stereocenters. The molecular weight excluding hydrogens is 267 g/mol. The van der Waals surface area contributed by atoms with E-state index in [9.17, 15) is 8.78 Å². The minimum atomic E-state index is -0.602. The van der Waals surface area contributed by atoms with Gasteiger partial charge in [-0.2, -0.15) is 6.92 Å². The Bertz CT molecular complexity index is 207. The Labute approximate surface area is 87.5 Å². The first-order valence-electron chi connectivity index (χ1n) is 2.48.